The summed E-state index contributed by atoms with van der Waals surface area (Å²) in [6.07, 6.45) is -1.60. The minimum absolute atomic E-state index is 0.0106. The van der Waals surface area contributed by atoms with Crippen LogP contribution in [0, 0.1) is 0 Å². The third kappa shape index (κ3) is 6.22. The van der Waals surface area contributed by atoms with Crippen molar-refractivity contribution < 1.29 is 27.9 Å². The third-order valence-electron chi connectivity index (χ3n) is 5.30. The number of carbonyl (C=O) groups excluding carboxylic acids is 1. The summed E-state index contributed by atoms with van der Waals surface area (Å²) in [5.41, 5.74) is 0. The van der Waals surface area contributed by atoms with Gasteiger partial charge in [-0.05, 0) is 15.4 Å². The Hall–Kier alpha value is -1.60. The van der Waals surface area contributed by atoms with Gasteiger partial charge in [0.15, 0.2) is 0 Å². The van der Waals surface area contributed by atoms with E-state index in [1.54, 1.807) is 0 Å². The summed E-state index contributed by atoms with van der Waals surface area (Å²) in [7, 11) is -3.79. The summed E-state index contributed by atoms with van der Waals surface area (Å²) in [5.74, 6) is -0.398. The standard InChI is InChI=1S/C23H33O6PSi/c1-23(2,3)31(21-12-8-6-9-13-21,22-14-10-7-11-15-22)29-17-19(24)16-20(25)18-30(26,27-4)28-5/h6-15,19,24H,16-18H2,1-5H3/t19-/m0/s1. The highest BCUT2D eigenvalue weighted by molar-refractivity contribution is 7.54. The maximum atomic E-state index is 12.3. The van der Waals surface area contributed by atoms with E-state index in [1.165, 1.54) is 14.2 Å². The lowest BCUT2D eigenvalue weighted by Gasteiger charge is -2.43. The fourth-order valence-corrected chi connectivity index (χ4v) is 9.35. The Bertz CT molecular complexity index is 834. The molecule has 0 aliphatic rings. The summed E-state index contributed by atoms with van der Waals surface area (Å²) in [6, 6.07) is 20.1. The van der Waals surface area contributed by atoms with Gasteiger partial charge in [0.1, 0.15) is 11.9 Å². The van der Waals surface area contributed by atoms with Crippen LogP contribution in [0.3, 0.4) is 0 Å². The van der Waals surface area contributed by atoms with Crippen LogP contribution in [0.4, 0.5) is 0 Å². The summed E-state index contributed by atoms with van der Waals surface area (Å²) < 4.78 is 28.4. The predicted molar refractivity (Wildman–Crippen MR) is 126 cm³/mol. The van der Waals surface area contributed by atoms with Gasteiger partial charge in [-0.3, -0.25) is 9.36 Å². The lowest BCUT2D eigenvalue weighted by Crippen LogP contribution is -2.67. The van der Waals surface area contributed by atoms with Crippen LogP contribution >= 0.6 is 7.60 Å². The highest BCUT2D eigenvalue weighted by atomic mass is 31.2. The number of rotatable bonds is 11. The number of ketones is 1. The summed E-state index contributed by atoms with van der Waals surface area (Å²) >= 11 is 0. The fourth-order valence-electron chi connectivity index (χ4n) is 3.79. The molecule has 0 saturated carbocycles. The van der Waals surface area contributed by atoms with Crippen molar-refractivity contribution in [1.29, 1.82) is 0 Å². The molecule has 6 nitrogen and oxygen atoms in total. The van der Waals surface area contributed by atoms with Crippen LogP contribution in [0.25, 0.3) is 0 Å². The average molecular weight is 465 g/mol. The molecule has 2 aromatic rings. The second-order valence-corrected chi connectivity index (χ2v) is 15.1. The first-order valence-electron chi connectivity index (χ1n) is 10.2. The van der Waals surface area contributed by atoms with E-state index in [1.807, 2.05) is 36.4 Å². The van der Waals surface area contributed by atoms with Crippen LogP contribution in [0.2, 0.25) is 5.04 Å². The number of Topliss-reactive ketones (excluding diaryl/α,β-unsaturated/α-hetero) is 1. The van der Waals surface area contributed by atoms with E-state index in [4.69, 9.17) is 13.5 Å². The Labute approximate surface area is 186 Å². The third-order valence-corrected chi connectivity index (χ3v) is 12.2. The van der Waals surface area contributed by atoms with Crippen molar-refractivity contribution >= 4 is 32.1 Å². The van der Waals surface area contributed by atoms with Crippen molar-refractivity contribution in [2.24, 2.45) is 0 Å². The Morgan fingerprint density at radius 2 is 1.42 bits per heavy atom. The second-order valence-electron chi connectivity index (χ2n) is 8.51. The lowest BCUT2D eigenvalue weighted by atomic mass is 10.2. The number of carbonyl (C=O) groups is 1. The topological polar surface area (TPSA) is 82.1 Å². The van der Waals surface area contributed by atoms with Gasteiger partial charge in [-0.2, -0.15) is 0 Å². The van der Waals surface area contributed by atoms with E-state index < -0.39 is 27.8 Å². The summed E-state index contributed by atoms with van der Waals surface area (Å²) in [6.45, 7) is 6.42. The molecule has 0 bridgehead atoms. The molecular weight excluding hydrogens is 431 g/mol. The van der Waals surface area contributed by atoms with Gasteiger partial charge in [0.2, 0.25) is 0 Å². The van der Waals surface area contributed by atoms with E-state index in [2.05, 4.69) is 45.0 Å². The van der Waals surface area contributed by atoms with Gasteiger partial charge in [0.05, 0.1) is 12.7 Å². The number of hydrogen-bond donors (Lipinski definition) is 1. The average Bonchev–Trinajstić information content (AvgIpc) is 2.74. The molecule has 0 unspecified atom stereocenters. The van der Waals surface area contributed by atoms with E-state index in [0.29, 0.717) is 0 Å². The largest absolute Gasteiger partial charge is 0.405 e. The van der Waals surface area contributed by atoms with Crippen molar-refractivity contribution in [2.75, 3.05) is 27.0 Å². The lowest BCUT2D eigenvalue weighted by molar-refractivity contribution is -0.119. The van der Waals surface area contributed by atoms with Gasteiger partial charge in [0, 0.05) is 20.6 Å². The van der Waals surface area contributed by atoms with Crippen LogP contribution in [0.1, 0.15) is 27.2 Å². The predicted octanol–water partition coefficient (Wildman–Crippen LogP) is 3.37. The highest BCUT2D eigenvalue weighted by Crippen LogP contribution is 2.46. The molecule has 2 aromatic carbocycles. The van der Waals surface area contributed by atoms with Gasteiger partial charge in [-0.1, -0.05) is 81.4 Å². The number of aliphatic hydroxyl groups is 1. The Balaban J connectivity index is 2.29. The zero-order valence-electron chi connectivity index (χ0n) is 18.9. The molecule has 0 heterocycles. The zero-order chi connectivity index (χ0) is 23.1. The minimum Gasteiger partial charge on any atom is -0.405 e. The molecule has 0 amide bonds. The molecule has 0 radical (unpaired) electrons. The first-order chi connectivity index (χ1) is 14.6. The zero-order valence-corrected chi connectivity index (χ0v) is 20.8. The Morgan fingerprint density at radius 3 is 1.81 bits per heavy atom. The molecule has 1 N–H and O–H groups in total. The fraction of sp³-hybridized carbons (Fsp3) is 0.435. The molecule has 0 saturated heterocycles. The van der Waals surface area contributed by atoms with Gasteiger partial charge in [-0.25, -0.2) is 0 Å². The molecule has 0 aromatic heterocycles. The van der Waals surface area contributed by atoms with E-state index in [-0.39, 0.29) is 24.2 Å². The molecule has 2 rings (SSSR count). The molecule has 0 aliphatic heterocycles. The number of aliphatic hydroxyl groups excluding tert-OH is 1. The molecule has 8 heteroatoms. The normalized spacial score (nSPS) is 13.7. The van der Waals surface area contributed by atoms with Crippen molar-refractivity contribution in [2.45, 2.75) is 38.3 Å². The quantitative estimate of drug-likeness (QED) is 0.406. The van der Waals surface area contributed by atoms with E-state index in [9.17, 15) is 14.5 Å². The van der Waals surface area contributed by atoms with Gasteiger partial charge < -0.3 is 18.6 Å². The monoisotopic (exact) mass is 464 g/mol. The minimum atomic E-state index is -3.46. The van der Waals surface area contributed by atoms with Crippen LogP contribution in [-0.2, 0) is 22.8 Å². The number of benzene rings is 2. The first-order valence-corrected chi connectivity index (χ1v) is 13.9. The van der Waals surface area contributed by atoms with Crippen molar-refractivity contribution in [3.63, 3.8) is 0 Å². The molecule has 170 valence electrons. The van der Waals surface area contributed by atoms with Crippen molar-refractivity contribution in [1.82, 2.24) is 0 Å². The van der Waals surface area contributed by atoms with E-state index >= 15 is 0 Å². The SMILES string of the molecule is COP(=O)(CC(=O)C[C@H](O)CO[Si](c1ccccc1)(c1ccccc1)C(C)(C)C)OC. The van der Waals surface area contributed by atoms with Crippen molar-refractivity contribution in [3.8, 4) is 0 Å². The van der Waals surface area contributed by atoms with Gasteiger partial charge >= 0.3 is 7.60 Å². The molecule has 1 atom stereocenters. The van der Waals surface area contributed by atoms with Crippen LogP contribution < -0.4 is 10.4 Å². The Morgan fingerprint density at radius 1 is 0.968 bits per heavy atom. The Kier molecular flexibility index (Phi) is 8.95. The van der Waals surface area contributed by atoms with Gasteiger partial charge in [0.25, 0.3) is 8.32 Å². The molecule has 0 fully saturated rings. The second kappa shape index (κ2) is 10.8. The van der Waals surface area contributed by atoms with Crippen molar-refractivity contribution in [3.05, 3.63) is 60.7 Å². The summed E-state index contributed by atoms with van der Waals surface area (Å²) in [5, 5.41) is 12.5. The van der Waals surface area contributed by atoms with Gasteiger partial charge in [-0.15, -0.1) is 0 Å². The highest BCUT2D eigenvalue weighted by Gasteiger charge is 2.50. The molecule has 31 heavy (non-hydrogen) atoms. The van der Waals surface area contributed by atoms with Crippen LogP contribution in [-0.4, -0.2) is 52.3 Å². The maximum Gasteiger partial charge on any atom is 0.337 e. The van der Waals surface area contributed by atoms with E-state index in [0.717, 1.165) is 10.4 Å². The van der Waals surface area contributed by atoms with Crippen LogP contribution in [0.5, 0.6) is 0 Å². The molecular formula is C23H33O6PSi. The number of hydrogen-bond acceptors (Lipinski definition) is 6. The first kappa shape index (κ1) is 25.7. The molecule has 0 aliphatic carbocycles. The summed E-state index contributed by atoms with van der Waals surface area (Å²) in [4.78, 5) is 12.3. The molecule has 0 spiro atoms. The maximum absolute atomic E-state index is 12.3. The smallest absolute Gasteiger partial charge is 0.337 e. The van der Waals surface area contributed by atoms with Crippen LogP contribution in [0.15, 0.2) is 60.7 Å².